The minimum absolute atomic E-state index is 0.203. The van der Waals surface area contributed by atoms with Gasteiger partial charge in [-0.05, 0) is 40.1 Å². The van der Waals surface area contributed by atoms with Crippen molar-refractivity contribution in [1.82, 2.24) is 0 Å². The monoisotopic (exact) mass is 336 g/mol. The molecule has 0 saturated carbocycles. The number of benzene rings is 3. The summed E-state index contributed by atoms with van der Waals surface area (Å²) in [6.07, 6.45) is 2.34. The maximum absolute atomic E-state index is 9.75. The van der Waals surface area contributed by atoms with Crippen LogP contribution in [0.25, 0.3) is 30.9 Å². The molecule has 1 atom stereocenters. The molecule has 6 heteroatoms. The van der Waals surface area contributed by atoms with E-state index < -0.39 is 7.25 Å². The van der Waals surface area contributed by atoms with Gasteiger partial charge in [-0.3, -0.25) is 0 Å². The van der Waals surface area contributed by atoms with Crippen molar-refractivity contribution < 1.29 is 17.3 Å². The second-order valence-electron chi connectivity index (χ2n) is 5.16. The number of thiophene rings is 1. The van der Waals surface area contributed by atoms with Crippen LogP contribution in [0.2, 0.25) is 0 Å². The molecule has 4 rings (SSSR count). The molecule has 0 aliphatic carbocycles. The van der Waals surface area contributed by atoms with Crippen LogP contribution in [-0.2, 0) is 6.26 Å². The van der Waals surface area contributed by atoms with Crippen molar-refractivity contribution in [2.24, 2.45) is 6.26 Å². The zero-order valence-electron chi connectivity index (χ0n) is 12.3. The standard InChI is InChI=1S/C17H13S.BF4/c1-18-16-9-5-4-8-14(16)15-11-10-12-6-2-3-7-13(12)17(15)18;2-1(3,4)5/h2-11H,1H3;/q+1;-1. The summed E-state index contributed by atoms with van der Waals surface area (Å²) in [5, 5.41) is 5.61. The Bertz CT molecular complexity index is 982. The Labute approximate surface area is 133 Å². The summed E-state index contributed by atoms with van der Waals surface area (Å²) in [6, 6.07) is 22.1. The molecule has 1 unspecified atom stereocenters. The number of hydrogen-bond donors (Lipinski definition) is 0. The van der Waals surface area contributed by atoms with Crippen molar-refractivity contribution in [3.05, 3.63) is 60.7 Å². The average molecular weight is 336 g/mol. The fourth-order valence-electron chi connectivity index (χ4n) is 2.85. The molecule has 0 nitrogen and oxygen atoms in total. The molecular weight excluding hydrogens is 323 g/mol. The lowest BCUT2D eigenvalue weighted by Crippen LogP contribution is -2.02. The topological polar surface area (TPSA) is 0 Å². The van der Waals surface area contributed by atoms with E-state index in [2.05, 4.69) is 66.9 Å². The number of rotatable bonds is 0. The van der Waals surface area contributed by atoms with Crippen LogP contribution in [0, 0.1) is 0 Å². The van der Waals surface area contributed by atoms with Gasteiger partial charge in [-0.25, -0.2) is 0 Å². The van der Waals surface area contributed by atoms with Gasteiger partial charge in [0.2, 0.25) is 0 Å². The Hall–Kier alpha value is -2.08. The quantitative estimate of drug-likeness (QED) is 0.190. The highest BCUT2D eigenvalue weighted by atomic mass is 32.2. The maximum atomic E-state index is 9.75. The number of halogens is 4. The van der Waals surface area contributed by atoms with Crippen molar-refractivity contribution in [3.8, 4) is 0 Å². The van der Waals surface area contributed by atoms with Crippen LogP contribution in [0.15, 0.2) is 60.7 Å². The Kier molecular flexibility index (Phi) is 4.02. The Morgan fingerprint density at radius 2 is 1.26 bits per heavy atom. The van der Waals surface area contributed by atoms with E-state index in [1.54, 1.807) is 0 Å². The van der Waals surface area contributed by atoms with E-state index in [0.29, 0.717) is 0 Å². The highest BCUT2D eigenvalue weighted by molar-refractivity contribution is 7.42. The van der Waals surface area contributed by atoms with Crippen molar-refractivity contribution in [2.75, 3.05) is 0 Å². The molecule has 0 spiro atoms. The maximum Gasteiger partial charge on any atom is 0.673 e. The molecule has 0 fully saturated rings. The molecule has 0 amide bonds. The van der Waals surface area contributed by atoms with Crippen LogP contribution >= 0.6 is 10.5 Å². The molecule has 1 heterocycles. The molecular formula is C17H13BF4S. The van der Waals surface area contributed by atoms with Gasteiger partial charge in [0.1, 0.15) is 6.26 Å². The van der Waals surface area contributed by atoms with Crippen molar-refractivity contribution in [2.45, 2.75) is 0 Å². The highest BCUT2D eigenvalue weighted by Gasteiger charge is 2.20. The van der Waals surface area contributed by atoms with Crippen LogP contribution in [0.1, 0.15) is 0 Å². The third kappa shape index (κ3) is 3.17. The second kappa shape index (κ2) is 5.85. The lowest BCUT2D eigenvalue weighted by atomic mass is 10.1. The van der Waals surface area contributed by atoms with E-state index >= 15 is 0 Å². The summed E-state index contributed by atoms with van der Waals surface area (Å²) in [7, 11) is -5.80. The zero-order valence-corrected chi connectivity index (χ0v) is 13.1. The van der Waals surface area contributed by atoms with Gasteiger partial charge in [0, 0.05) is 16.2 Å². The van der Waals surface area contributed by atoms with Crippen LogP contribution < -0.4 is 0 Å². The summed E-state index contributed by atoms with van der Waals surface area (Å²) < 4.78 is 42.0. The lowest BCUT2D eigenvalue weighted by molar-refractivity contribution is 0.368. The third-order valence-corrected chi connectivity index (χ3v) is 5.76. The van der Waals surface area contributed by atoms with E-state index in [9.17, 15) is 17.3 Å². The first-order valence-corrected chi connectivity index (χ1v) is 8.64. The molecule has 0 saturated heterocycles. The van der Waals surface area contributed by atoms with Gasteiger partial charge in [-0.1, -0.05) is 36.4 Å². The van der Waals surface area contributed by atoms with Gasteiger partial charge in [-0.2, -0.15) is 0 Å². The minimum Gasteiger partial charge on any atom is -0.418 e. The normalized spacial score (nSPS) is 12.5. The molecule has 0 bridgehead atoms. The molecule has 0 N–H and O–H groups in total. The molecule has 23 heavy (non-hydrogen) atoms. The predicted molar refractivity (Wildman–Crippen MR) is 92.6 cm³/mol. The number of aryl methyl sites for hydroxylation is 1. The van der Waals surface area contributed by atoms with Crippen LogP contribution in [0.4, 0.5) is 17.3 Å². The average Bonchev–Trinajstić information content (AvgIpc) is 2.80. The lowest BCUT2D eigenvalue weighted by Gasteiger charge is -1.96. The van der Waals surface area contributed by atoms with Crippen molar-refractivity contribution in [3.63, 3.8) is 0 Å². The van der Waals surface area contributed by atoms with E-state index in [0.717, 1.165) is 0 Å². The Morgan fingerprint density at radius 1 is 0.696 bits per heavy atom. The molecule has 0 aliphatic heterocycles. The van der Waals surface area contributed by atoms with Gasteiger partial charge in [-0.15, -0.1) is 0 Å². The van der Waals surface area contributed by atoms with Crippen LogP contribution in [0.3, 0.4) is 0 Å². The number of fused-ring (bicyclic) bond motifs is 5. The zero-order chi connectivity index (χ0) is 16.6. The first kappa shape index (κ1) is 15.8. The first-order valence-electron chi connectivity index (χ1n) is 7.00. The summed E-state index contributed by atoms with van der Waals surface area (Å²) in [5.41, 5.74) is 0. The van der Waals surface area contributed by atoms with E-state index in [1.807, 2.05) is 0 Å². The smallest absolute Gasteiger partial charge is 0.418 e. The summed E-state index contributed by atoms with van der Waals surface area (Å²) in [6.45, 7) is 0. The van der Waals surface area contributed by atoms with Crippen molar-refractivity contribution >= 4 is 48.7 Å². The van der Waals surface area contributed by atoms with Gasteiger partial charge in [0.05, 0.1) is 0 Å². The molecule has 1 aromatic heterocycles. The summed E-state index contributed by atoms with van der Waals surface area (Å²) in [4.78, 5) is 0. The van der Waals surface area contributed by atoms with Crippen LogP contribution in [-0.4, -0.2) is 7.25 Å². The minimum atomic E-state index is -6.00. The van der Waals surface area contributed by atoms with Gasteiger partial charge in [0.15, 0.2) is 9.40 Å². The Morgan fingerprint density at radius 3 is 1.96 bits per heavy atom. The largest absolute Gasteiger partial charge is 0.673 e. The number of hydrogen-bond acceptors (Lipinski definition) is 0. The van der Waals surface area contributed by atoms with E-state index in [-0.39, 0.29) is 10.5 Å². The van der Waals surface area contributed by atoms with Crippen LogP contribution in [0.5, 0.6) is 0 Å². The molecule has 118 valence electrons. The fourth-order valence-corrected chi connectivity index (χ4v) is 4.89. The summed E-state index contributed by atoms with van der Waals surface area (Å²) >= 11 is 0. The van der Waals surface area contributed by atoms with E-state index in [1.165, 1.54) is 30.9 Å². The SMILES string of the molecule is C[s+]1c2ccccc2c2ccc3ccccc3c21.F[B-](F)(F)F. The first-order chi connectivity index (χ1) is 10.9. The predicted octanol–water partition coefficient (Wildman–Crippen LogP) is 6.73. The molecule has 0 aliphatic rings. The molecule has 4 aromatic rings. The fraction of sp³-hybridized carbons (Fsp3) is 0.0588. The van der Waals surface area contributed by atoms with Crippen molar-refractivity contribution in [1.29, 1.82) is 0 Å². The summed E-state index contributed by atoms with van der Waals surface area (Å²) in [5.74, 6) is 0. The third-order valence-electron chi connectivity index (χ3n) is 3.69. The molecule has 3 aromatic carbocycles. The van der Waals surface area contributed by atoms with Gasteiger partial charge < -0.3 is 17.3 Å². The highest BCUT2D eigenvalue weighted by Crippen LogP contribution is 2.44. The van der Waals surface area contributed by atoms with Gasteiger partial charge >= 0.3 is 7.25 Å². The van der Waals surface area contributed by atoms with Gasteiger partial charge in [0.25, 0.3) is 0 Å². The molecule has 0 radical (unpaired) electrons. The second-order valence-corrected chi connectivity index (χ2v) is 7.03. The van der Waals surface area contributed by atoms with E-state index in [4.69, 9.17) is 0 Å². The Balaban J connectivity index is 0.000000276.